The molecule has 0 amide bonds. The van der Waals surface area contributed by atoms with E-state index in [0.717, 1.165) is 13.1 Å². The van der Waals surface area contributed by atoms with Crippen molar-refractivity contribution in [2.45, 2.75) is 34.6 Å². The normalized spacial score (nSPS) is 9.81. The quantitative estimate of drug-likeness (QED) is 0.591. The summed E-state index contributed by atoms with van der Waals surface area (Å²) in [7, 11) is 0. The molecule has 0 aromatic heterocycles. The van der Waals surface area contributed by atoms with Gasteiger partial charge in [0.2, 0.25) is 0 Å². The molecule has 0 saturated carbocycles. The summed E-state index contributed by atoms with van der Waals surface area (Å²) in [4.78, 5) is 0. The highest BCUT2D eigenvalue weighted by Gasteiger charge is 2.05. The van der Waals surface area contributed by atoms with Crippen molar-refractivity contribution in [1.82, 2.24) is 5.32 Å². The molecule has 1 rings (SSSR count). The van der Waals surface area contributed by atoms with Gasteiger partial charge in [0.15, 0.2) is 0 Å². The van der Waals surface area contributed by atoms with Crippen molar-refractivity contribution in [2.24, 2.45) is 0 Å². The Morgan fingerprint density at radius 1 is 1.06 bits per heavy atom. The molecule has 0 aliphatic heterocycles. The molecule has 16 heavy (non-hydrogen) atoms. The van der Waals surface area contributed by atoms with Crippen LogP contribution in [-0.4, -0.2) is 13.1 Å². The molecule has 0 aliphatic rings. The standard InChI is InChI=1S/C15H21N/c1-6-16-9-7-8-15-13(4)11(2)10-12(3)14(15)5/h10,16H,6,9H2,1-5H3. The number of nitrogens with one attached hydrogen (secondary N) is 1. The van der Waals surface area contributed by atoms with E-state index in [2.05, 4.69) is 57.8 Å². The SMILES string of the molecule is CCNCC#Cc1c(C)c(C)cc(C)c1C. The minimum atomic E-state index is 0.766. The lowest BCUT2D eigenvalue weighted by Gasteiger charge is -2.10. The van der Waals surface area contributed by atoms with Gasteiger partial charge in [-0.25, -0.2) is 0 Å². The van der Waals surface area contributed by atoms with Crippen LogP contribution in [0.1, 0.15) is 34.7 Å². The Balaban J connectivity index is 3.06. The van der Waals surface area contributed by atoms with Crippen molar-refractivity contribution in [3.8, 4) is 11.8 Å². The first kappa shape index (κ1) is 12.8. The average Bonchev–Trinajstić information content (AvgIpc) is 2.25. The van der Waals surface area contributed by atoms with Crippen LogP contribution in [0, 0.1) is 39.5 Å². The fourth-order valence-corrected chi connectivity index (χ4v) is 1.72. The molecule has 0 aliphatic carbocycles. The van der Waals surface area contributed by atoms with Crippen LogP contribution in [0.15, 0.2) is 6.07 Å². The Morgan fingerprint density at radius 2 is 1.62 bits per heavy atom. The summed E-state index contributed by atoms with van der Waals surface area (Å²) in [5.74, 6) is 6.46. The van der Waals surface area contributed by atoms with Gasteiger partial charge in [-0.15, -0.1) is 0 Å². The molecule has 1 aromatic rings. The van der Waals surface area contributed by atoms with Gasteiger partial charge in [0.1, 0.15) is 0 Å². The van der Waals surface area contributed by atoms with E-state index in [1.54, 1.807) is 0 Å². The maximum atomic E-state index is 3.29. The third-order valence-corrected chi connectivity index (χ3v) is 3.04. The molecule has 0 bridgehead atoms. The van der Waals surface area contributed by atoms with E-state index in [4.69, 9.17) is 0 Å². The van der Waals surface area contributed by atoms with Crippen LogP contribution in [0.4, 0.5) is 0 Å². The van der Waals surface area contributed by atoms with Crippen molar-refractivity contribution in [3.63, 3.8) is 0 Å². The highest BCUT2D eigenvalue weighted by Crippen LogP contribution is 2.20. The highest BCUT2D eigenvalue weighted by atomic mass is 14.8. The Morgan fingerprint density at radius 3 is 2.12 bits per heavy atom. The van der Waals surface area contributed by atoms with Gasteiger partial charge >= 0.3 is 0 Å². The molecule has 1 aromatic carbocycles. The minimum Gasteiger partial charge on any atom is -0.306 e. The summed E-state index contributed by atoms with van der Waals surface area (Å²) in [6.07, 6.45) is 0. The van der Waals surface area contributed by atoms with Crippen LogP contribution < -0.4 is 5.32 Å². The lowest BCUT2D eigenvalue weighted by Crippen LogP contribution is -2.12. The molecule has 1 nitrogen and oxygen atoms in total. The Kier molecular flexibility index (Phi) is 4.58. The van der Waals surface area contributed by atoms with Crippen molar-refractivity contribution >= 4 is 0 Å². The predicted molar refractivity (Wildman–Crippen MR) is 70.8 cm³/mol. The topological polar surface area (TPSA) is 12.0 Å². The number of benzene rings is 1. The van der Waals surface area contributed by atoms with Crippen LogP contribution >= 0.6 is 0 Å². The zero-order valence-electron chi connectivity index (χ0n) is 11.0. The first-order chi connectivity index (χ1) is 7.57. The molecule has 0 radical (unpaired) electrons. The van der Waals surface area contributed by atoms with Crippen LogP contribution in [-0.2, 0) is 0 Å². The van der Waals surface area contributed by atoms with Crippen LogP contribution in [0.5, 0.6) is 0 Å². The summed E-state index contributed by atoms with van der Waals surface area (Å²) in [6.45, 7) is 12.4. The van der Waals surface area contributed by atoms with E-state index < -0.39 is 0 Å². The summed E-state index contributed by atoms with van der Waals surface area (Å²) in [6, 6.07) is 2.24. The van der Waals surface area contributed by atoms with Crippen molar-refractivity contribution < 1.29 is 0 Å². The summed E-state index contributed by atoms with van der Waals surface area (Å²) in [5, 5.41) is 3.21. The zero-order valence-corrected chi connectivity index (χ0v) is 11.0. The molecule has 1 heteroatoms. The fourth-order valence-electron chi connectivity index (χ4n) is 1.72. The van der Waals surface area contributed by atoms with Gasteiger partial charge < -0.3 is 5.32 Å². The number of hydrogen-bond acceptors (Lipinski definition) is 1. The van der Waals surface area contributed by atoms with Gasteiger partial charge in [0, 0.05) is 5.56 Å². The van der Waals surface area contributed by atoms with Crippen molar-refractivity contribution in [1.29, 1.82) is 0 Å². The molecule has 0 unspecified atom stereocenters. The molecular formula is C15H21N. The largest absolute Gasteiger partial charge is 0.306 e. The van der Waals surface area contributed by atoms with E-state index in [1.807, 2.05) is 0 Å². The van der Waals surface area contributed by atoms with Gasteiger partial charge in [-0.05, 0) is 56.5 Å². The third-order valence-electron chi connectivity index (χ3n) is 3.04. The summed E-state index contributed by atoms with van der Waals surface area (Å²) >= 11 is 0. The van der Waals surface area contributed by atoms with Gasteiger partial charge in [0.25, 0.3) is 0 Å². The molecule has 0 fully saturated rings. The Bertz CT molecular complexity index is 407. The molecular weight excluding hydrogens is 194 g/mol. The monoisotopic (exact) mass is 215 g/mol. The Labute approximate surface area is 99.3 Å². The number of rotatable bonds is 2. The molecule has 0 saturated heterocycles. The van der Waals surface area contributed by atoms with Gasteiger partial charge in [-0.3, -0.25) is 0 Å². The summed E-state index contributed by atoms with van der Waals surface area (Å²) in [5.41, 5.74) is 6.49. The van der Waals surface area contributed by atoms with E-state index in [9.17, 15) is 0 Å². The van der Waals surface area contributed by atoms with E-state index >= 15 is 0 Å². The smallest absolute Gasteiger partial charge is 0.0580 e. The minimum absolute atomic E-state index is 0.766. The van der Waals surface area contributed by atoms with Crippen molar-refractivity contribution in [3.05, 3.63) is 33.9 Å². The van der Waals surface area contributed by atoms with E-state index in [0.29, 0.717) is 0 Å². The second-order valence-electron chi connectivity index (χ2n) is 4.22. The number of aryl methyl sites for hydroxylation is 2. The fraction of sp³-hybridized carbons (Fsp3) is 0.467. The average molecular weight is 215 g/mol. The molecule has 0 atom stereocenters. The third kappa shape index (κ3) is 2.87. The zero-order chi connectivity index (χ0) is 12.1. The second-order valence-corrected chi connectivity index (χ2v) is 4.22. The maximum absolute atomic E-state index is 3.29. The number of hydrogen-bond donors (Lipinski definition) is 1. The summed E-state index contributed by atoms with van der Waals surface area (Å²) < 4.78 is 0. The van der Waals surface area contributed by atoms with Crippen LogP contribution in [0.25, 0.3) is 0 Å². The molecule has 0 heterocycles. The van der Waals surface area contributed by atoms with Gasteiger partial charge in [-0.1, -0.05) is 24.8 Å². The molecule has 0 spiro atoms. The Hall–Kier alpha value is -1.26. The maximum Gasteiger partial charge on any atom is 0.0580 e. The first-order valence-corrected chi connectivity index (χ1v) is 5.85. The van der Waals surface area contributed by atoms with Crippen LogP contribution in [0.2, 0.25) is 0 Å². The lowest BCUT2D eigenvalue weighted by molar-refractivity contribution is 0.811. The molecule has 1 N–H and O–H groups in total. The van der Waals surface area contributed by atoms with Crippen molar-refractivity contribution in [2.75, 3.05) is 13.1 Å². The van der Waals surface area contributed by atoms with Gasteiger partial charge in [-0.2, -0.15) is 0 Å². The van der Waals surface area contributed by atoms with Crippen LogP contribution in [0.3, 0.4) is 0 Å². The predicted octanol–water partition coefficient (Wildman–Crippen LogP) is 2.88. The highest BCUT2D eigenvalue weighted by molar-refractivity contribution is 5.52. The second kappa shape index (κ2) is 5.72. The van der Waals surface area contributed by atoms with E-state index in [1.165, 1.54) is 27.8 Å². The first-order valence-electron chi connectivity index (χ1n) is 5.85. The van der Waals surface area contributed by atoms with Gasteiger partial charge in [0.05, 0.1) is 6.54 Å². The van der Waals surface area contributed by atoms with E-state index in [-0.39, 0.29) is 0 Å². The molecule has 86 valence electrons. The lowest BCUT2D eigenvalue weighted by atomic mass is 9.94.